The molecule has 0 fully saturated rings. The highest BCUT2D eigenvalue weighted by molar-refractivity contribution is 5.20. The Labute approximate surface area is 112 Å². The van der Waals surface area contributed by atoms with Crippen LogP contribution in [-0.4, -0.2) is 16.5 Å². The molecule has 0 radical (unpaired) electrons. The highest BCUT2D eigenvalue weighted by Crippen LogP contribution is 2.08. The second kappa shape index (κ2) is 6.95. The van der Waals surface area contributed by atoms with Gasteiger partial charge in [-0.2, -0.15) is 0 Å². The normalized spacial score (nSPS) is 10.6. The second-order valence-corrected chi connectivity index (χ2v) is 4.45. The summed E-state index contributed by atoms with van der Waals surface area (Å²) < 4.78 is 13.1. The molecule has 1 heterocycles. The van der Waals surface area contributed by atoms with Crippen LogP contribution in [0.2, 0.25) is 0 Å². The van der Waals surface area contributed by atoms with Gasteiger partial charge in [0.15, 0.2) is 0 Å². The zero-order valence-corrected chi connectivity index (χ0v) is 11.1. The van der Waals surface area contributed by atoms with Gasteiger partial charge in [-0.15, -0.1) is 0 Å². The minimum absolute atomic E-state index is 0.224. The molecule has 0 aliphatic heterocycles. The van der Waals surface area contributed by atoms with E-state index in [4.69, 9.17) is 0 Å². The van der Waals surface area contributed by atoms with Crippen molar-refractivity contribution in [3.05, 3.63) is 59.4 Å². The number of hydrogen-bond acceptors (Lipinski definition) is 3. The lowest BCUT2D eigenvalue weighted by Crippen LogP contribution is -2.15. The summed E-state index contributed by atoms with van der Waals surface area (Å²) in [4.78, 5) is 8.70. The van der Waals surface area contributed by atoms with Crippen LogP contribution >= 0.6 is 0 Å². The van der Waals surface area contributed by atoms with Crippen LogP contribution in [0.15, 0.2) is 36.5 Å². The summed E-state index contributed by atoms with van der Waals surface area (Å²) in [5, 5.41) is 3.30. The van der Waals surface area contributed by atoms with Crippen molar-refractivity contribution in [1.82, 2.24) is 15.3 Å². The van der Waals surface area contributed by atoms with E-state index in [2.05, 4.69) is 22.2 Å². The van der Waals surface area contributed by atoms with E-state index in [1.54, 1.807) is 12.3 Å². The number of benzene rings is 1. The third-order valence-corrected chi connectivity index (χ3v) is 2.75. The van der Waals surface area contributed by atoms with E-state index >= 15 is 0 Å². The van der Waals surface area contributed by atoms with Crippen molar-refractivity contribution in [3.8, 4) is 0 Å². The lowest BCUT2D eigenvalue weighted by Gasteiger charge is -2.05. The van der Waals surface area contributed by atoms with Gasteiger partial charge in [0.2, 0.25) is 0 Å². The minimum Gasteiger partial charge on any atom is -0.311 e. The first-order chi connectivity index (χ1) is 9.28. The van der Waals surface area contributed by atoms with Crippen LogP contribution in [0.1, 0.15) is 30.4 Å². The molecule has 2 rings (SSSR count). The summed E-state index contributed by atoms with van der Waals surface area (Å²) >= 11 is 0. The molecule has 2 aromatic rings. The average molecular weight is 259 g/mol. The topological polar surface area (TPSA) is 37.8 Å². The number of rotatable bonds is 6. The van der Waals surface area contributed by atoms with Gasteiger partial charge < -0.3 is 5.32 Å². The van der Waals surface area contributed by atoms with Gasteiger partial charge in [0.1, 0.15) is 11.6 Å². The van der Waals surface area contributed by atoms with E-state index in [1.807, 2.05) is 12.1 Å². The monoisotopic (exact) mass is 259 g/mol. The molecular formula is C15H18FN3. The van der Waals surface area contributed by atoms with E-state index in [9.17, 15) is 4.39 Å². The molecule has 0 amide bonds. The first kappa shape index (κ1) is 13.6. The van der Waals surface area contributed by atoms with Gasteiger partial charge in [0, 0.05) is 19.2 Å². The molecule has 100 valence electrons. The highest BCUT2D eigenvalue weighted by atomic mass is 19.1. The Balaban J connectivity index is 2.02. The van der Waals surface area contributed by atoms with Crippen LogP contribution in [0.25, 0.3) is 0 Å². The molecule has 3 nitrogen and oxygen atoms in total. The van der Waals surface area contributed by atoms with Crippen molar-refractivity contribution < 1.29 is 4.39 Å². The fourth-order valence-corrected chi connectivity index (χ4v) is 1.85. The van der Waals surface area contributed by atoms with Crippen LogP contribution in [0.3, 0.4) is 0 Å². The molecule has 19 heavy (non-hydrogen) atoms. The Kier molecular flexibility index (Phi) is 4.98. The van der Waals surface area contributed by atoms with E-state index < -0.39 is 0 Å². The average Bonchev–Trinajstić information content (AvgIpc) is 2.39. The quantitative estimate of drug-likeness (QED) is 0.811. The number of nitrogens with one attached hydrogen (secondary N) is 1. The largest absolute Gasteiger partial charge is 0.311 e. The maximum atomic E-state index is 13.1. The molecule has 1 aromatic carbocycles. The highest BCUT2D eigenvalue weighted by Gasteiger charge is 2.02. The van der Waals surface area contributed by atoms with Crippen molar-refractivity contribution in [2.24, 2.45) is 0 Å². The van der Waals surface area contributed by atoms with Crippen molar-refractivity contribution in [2.75, 3.05) is 6.54 Å². The Morgan fingerprint density at radius 2 is 2.16 bits per heavy atom. The number of nitrogens with zero attached hydrogens (tertiary/aromatic N) is 2. The SMILES string of the molecule is CCCNCc1ccnc(Cc2cccc(F)c2)n1. The molecular weight excluding hydrogens is 241 g/mol. The van der Waals surface area contributed by atoms with Gasteiger partial charge in [-0.1, -0.05) is 19.1 Å². The molecule has 1 aromatic heterocycles. The van der Waals surface area contributed by atoms with Crippen LogP contribution in [0.4, 0.5) is 4.39 Å². The van der Waals surface area contributed by atoms with Gasteiger partial charge in [0.05, 0.1) is 5.69 Å². The minimum atomic E-state index is -0.224. The molecule has 1 N–H and O–H groups in total. The number of halogens is 1. The second-order valence-electron chi connectivity index (χ2n) is 4.45. The lowest BCUT2D eigenvalue weighted by atomic mass is 10.1. The van der Waals surface area contributed by atoms with E-state index in [1.165, 1.54) is 12.1 Å². The molecule has 0 saturated heterocycles. The molecule has 0 spiro atoms. The standard InChI is InChI=1S/C15H18FN3/c1-2-7-17-11-14-6-8-18-15(19-14)10-12-4-3-5-13(16)9-12/h3-6,8-9,17H,2,7,10-11H2,1H3. The first-order valence-corrected chi connectivity index (χ1v) is 6.54. The van der Waals surface area contributed by atoms with Gasteiger partial charge >= 0.3 is 0 Å². The Bertz CT molecular complexity index is 528. The summed E-state index contributed by atoms with van der Waals surface area (Å²) in [6.07, 6.45) is 3.41. The van der Waals surface area contributed by atoms with Gasteiger partial charge in [-0.3, -0.25) is 0 Å². The molecule has 0 atom stereocenters. The molecule has 0 aliphatic carbocycles. The van der Waals surface area contributed by atoms with Crippen molar-refractivity contribution in [1.29, 1.82) is 0 Å². The number of aromatic nitrogens is 2. The summed E-state index contributed by atoms with van der Waals surface area (Å²) in [6, 6.07) is 8.45. The van der Waals surface area contributed by atoms with Crippen LogP contribution < -0.4 is 5.32 Å². The van der Waals surface area contributed by atoms with Crippen LogP contribution in [0.5, 0.6) is 0 Å². The first-order valence-electron chi connectivity index (χ1n) is 6.54. The third-order valence-electron chi connectivity index (χ3n) is 2.75. The smallest absolute Gasteiger partial charge is 0.132 e. The molecule has 0 aliphatic rings. The summed E-state index contributed by atoms with van der Waals surface area (Å²) in [6.45, 7) is 3.85. The van der Waals surface area contributed by atoms with Crippen molar-refractivity contribution >= 4 is 0 Å². The predicted octanol–water partition coefficient (Wildman–Crippen LogP) is 2.71. The maximum Gasteiger partial charge on any atom is 0.132 e. The Morgan fingerprint density at radius 3 is 2.95 bits per heavy atom. The van der Waals surface area contributed by atoms with Crippen LogP contribution in [0, 0.1) is 5.82 Å². The number of hydrogen-bond donors (Lipinski definition) is 1. The third kappa shape index (κ3) is 4.41. The summed E-state index contributed by atoms with van der Waals surface area (Å²) in [7, 11) is 0. The van der Waals surface area contributed by atoms with Crippen LogP contribution in [-0.2, 0) is 13.0 Å². The Hall–Kier alpha value is -1.81. The van der Waals surface area contributed by atoms with Gasteiger partial charge in [0.25, 0.3) is 0 Å². The molecule has 0 bridgehead atoms. The summed E-state index contributed by atoms with van der Waals surface area (Å²) in [5.41, 5.74) is 1.86. The van der Waals surface area contributed by atoms with Gasteiger partial charge in [-0.25, -0.2) is 14.4 Å². The zero-order valence-electron chi connectivity index (χ0n) is 11.1. The molecule has 4 heteroatoms. The van der Waals surface area contributed by atoms with Crippen molar-refractivity contribution in [3.63, 3.8) is 0 Å². The van der Waals surface area contributed by atoms with Gasteiger partial charge in [-0.05, 0) is 36.7 Å². The zero-order chi connectivity index (χ0) is 13.5. The van der Waals surface area contributed by atoms with E-state index in [-0.39, 0.29) is 5.82 Å². The maximum absolute atomic E-state index is 13.1. The Morgan fingerprint density at radius 1 is 1.26 bits per heavy atom. The fourth-order valence-electron chi connectivity index (χ4n) is 1.85. The molecule has 0 saturated carbocycles. The fraction of sp³-hybridized carbons (Fsp3) is 0.333. The summed E-state index contributed by atoms with van der Waals surface area (Å²) in [5.74, 6) is 0.500. The van der Waals surface area contributed by atoms with E-state index in [0.717, 1.165) is 36.6 Å². The predicted molar refractivity (Wildman–Crippen MR) is 73.2 cm³/mol. The van der Waals surface area contributed by atoms with Crippen molar-refractivity contribution in [2.45, 2.75) is 26.3 Å². The molecule has 0 unspecified atom stereocenters. The van der Waals surface area contributed by atoms with E-state index in [0.29, 0.717) is 6.42 Å². The lowest BCUT2D eigenvalue weighted by molar-refractivity contribution is 0.625.